The molecule has 0 aromatic carbocycles. The van der Waals surface area contributed by atoms with E-state index in [1.165, 1.54) is 11.8 Å². The summed E-state index contributed by atoms with van der Waals surface area (Å²) in [6.07, 6.45) is 1.99. The van der Waals surface area contributed by atoms with E-state index in [0.717, 1.165) is 21.7 Å². The first kappa shape index (κ1) is 11.5. The summed E-state index contributed by atoms with van der Waals surface area (Å²) in [6, 6.07) is 5.99. The number of rotatable bonds is 3. The van der Waals surface area contributed by atoms with Crippen molar-refractivity contribution in [1.29, 1.82) is 0 Å². The van der Waals surface area contributed by atoms with Crippen molar-refractivity contribution < 1.29 is 4.40 Å². The predicted octanol–water partition coefficient (Wildman–Crippen LogP) is 1.51. The number of thioether (sulfide) groups is 1. The lowest BCUT2D eigenvalue weighted by molar-refractivity contribution is -0.522. The minimum absolute atomic E-state index is 0.336. The zero-order valence-electron chi connectivity index (χ0n) is 9.22. The molecule has 0 aliphatic heterocycles. The molecule has 3 aromatic rings. The summed E-state index contributed by atoms with van der Waals surface area (Å²) in [6.45, 7) is 0. The van der Waals surface area contributed by atoms with Crippen LogP contribution in [0.25, 0.3) is 5.65 Å². The van der Waals surface area contributed by atoms with E-state index in [0.29, 0.717) is 11.1 Å². The highest BCUT2D eigenvalue weighted by molar-refractivity contribution is 9.10. The summed E-state index contributed by atoms with van der Waals surface area (Å²) in [5, 5.41) is 7.24. The van der Waals surface area contributed by atoms with Crippen LogP contribution in [0.2, 0.25) is 0 Å². The smallest absolute Gasteiger partial charge is 0.285 e. The average Bonchev–Trinajstić information content (AvgIpc) is 2.92. The summed E-state index contributed by atoms with van der Waals surface area (Å²) in [5.74, 6) is 1.07. The van der Waals surface area contributed by atoms with Crippen molar-refractivity contribution in [2.75, 3.05) is 5.73 Å². The summed E-state index contributed by atoms with van der Waals surface area (Å²) < 4.78 is 3.05. The molecule has 0 saturated carbocycles. The number of pyridine rings is 1. The van der Waals surface area contributed by atoms with Gasteiger partial charge in [0.15, 0.2) is 5.69 Å². The maximum Gasteiger partial charge on any atom is 0.285 e. The van der Waals surface area contributed by atoms with Crippen molar-refractivity contribution >= 4 is 39.3 Å². The number of nitrogens with one attached hydrogen (secondary N) is 2. The number of H-pyrrole nitrogens is 2. The minimum Gasteiger partial charge on any atom is -0.368 e. The Bertz CT molecular complexity index is 691. The Morgan fingerprint density at radius 1 is 1.44 bits per heavy atom. The standard InChI is InChI=1S/C10H9BrN6S/c11-8-6(5-18-10-14-9(12)15-16-10)13-7-3-1-2-4-17(7)8/h1-4H,5H2,(H3,12,14,15,16)/p+1. The molecule has 0 atom stereocenters. The number of nitrogens with zero attached hydrogens (tertiary/aromatic N) is 3. The number of halogens is 1. The average molecular weight is 326 g/mol. The van der Waals surface area contributed by atoms with Gasteiger partial charge in [0.1, 0.15) is 0 Å². The fourth-order valence-corrected chi connectivity index (χ4v) is 3.11. The molecule has 0 saturated heterocycles. The highest BCUT2D eigenvalue weighted by atomic mass is 79.9. The number of nitrogen functional groups attached to an aromatic ring is 1. The molecule has 3 aromatic heterocycles. The number of nitrogens with two attached hydrogens (primary N) is 1. The van der Waals surface area contributed by atoms with Gasteiger partial charge < -0.3 is 5.73 Å². The monoisotopic (exact) mass is 325 g/mol. The van der Waals surface area contributed by atoms with Crippen molar-refractivity contribution in [2.45, 2.75) is 10.9 Å². The van der Waals surface area contributed by atoms with Crippen molar-refractivity contribution in [1.82, 2.24) is 20.2 Å². The van der Waals surface area contributed by atoms with Crippen LogP contribution in [0.1, 0.15) is 5.69 Å². The lowest BCUT2D eigenvalue weighted by atomic mass is 10.5. The van der Waals surface area contributed by atoms with E-state index in [9.17, 15) is 0 Å². The minimum atomic E-state index is 0.336. The Morgan fingerprint density at radius 2 is 2.33 bits per heavy atom. The number of hydrogen-bond acceptors (Lipinski definition) is 4. The third-order valence-corrected chi connectivity index (χ3v) is 4.16. The van der Waals surface area contributed by atoms with Crippen LogP contribution in [-0.2, 0) is 5.75 Å². The maximum absolute atomic E-state index is 5.48. The van der Waals surface area contributed by atoms with Gasteiger partial charge in [-0.15, -0.1) is 5.10 Å². The fourth-order valence-electron chi connectivity index (χ4n) is 1.62. The van der Waals surface area contributed by atoms with Gasteiger partial charge in [-0.1, -0.05) is 17.8 Å². The molecule has 0 unspecified atom stereocenters. The third-order valence-electron chi connectivity index (χ3n) is 2.43. The summed E-state index contributed by atoms with van der Waals surface area (Å²) in [5.41, 5.74) is 7.59. The van der Waals surface area contributed by atoms with Gasteiger partial charge in [-0.25, -0.2) is 10.1 Å². The molecule has 3 rings (SSSR count). The van der Waals surface area contributed by atoms with Gasteiger partial charge in [0.2, 0.25) is 15.7 Å². The molecule has 0 fully saturated rings. The largest absolute Gasteiger partial charge is 0.368 e. The van der Waals surface area contributed by atoms with Gasteiger partial charge in [0.25, 0.3) is 5.65 Å². The summed E-state index contributed by atoms with van der Waals surface area (Å²) >= 11 is 5.09. The van der Waals surface area contributed by atoms with E-state index in [-0.39, 0.29) is 0 Å². The Balaban J connectivity index is 1.84. The molecule has 92 valence electrons. The van der Waals surface area contributed by atoms with E-state index >= 15 is 0 Å². The maximum atomic E-state index is 5.48. The number of aromatic amines is 2. The topological polar surface area (TPSA) is 87.5 Å². The predicted molar refractivity (Wildman–Crippen MR) is 72.0 cm³/mol. The molecular formula is C10H10BrN6S+. The van der Waals surface area contributed by atoms with Gasteiger partial charge in [-0.3, -0.25) is 0 Å². The van der Waals surface area contributed by atoms with Gasteiger partial charge in [0, 0.05) is 22.0 Å². The lowest BCUT2D eigenvalue weighted by Gasteiger charge is -1.90. The Morgan fingerprint density at radius 3 is 3.06 bits per heavy atom. The normalized spacial score (nSPS) is 11.2. The molecule has 6 nitrogen and oxygen atoms in total. The van der Waals surface area contributed by atoms with Crippen LogP contribution in [0.15, 0.2) is 34.2 Å². The SMILES string of the molecule is Nc1nc(SCc2[nH]c3cccc[n+]3c2Br)n[nH]1. The molecule has 0 amide bonds. The summed E-state index contributed by atoms with van der Waals surface area (Å²) in [7, 11) is 0. The first-order valence-corrected chi connectivity index (χ1v) is 6.99. The number of fused-ring (bicyclic) bond motifs is 1. The van der Waals surface area contributed by atoms with Crippen LogP contribution < -0.4 is 10.1 Å². The van der Waals surface area contributed by atoms with Crippen LogP contribution in [0.3, 0.4) is 0 Å². The van der Waals surface area contributed by atoms with Crippen molar-refractivity contribution in [3.05, 3.63) is 34.7 Å². The Hall–Kier alpha value is -1.54. The molecule has 3 heterocycles. The van der Waals surface area contributed by atoms with Gasteiger partial charge in [0.05, 0.1) is 11.9 Å². The van der Waals surface area contributed by atoms with Crippen molar-refractivity contribution in [2.24, 2.45) is 0 Å². The zero-order valence-corrected chi connectivity index (χ0v) is 11.6. The second-order valence-corrected chi connectivity index (χ2v) is 5.34. The van der Waals surface area contributed by atoms with Crippen LogP contribution in [0.5, 0.6) is 0 Å². The molecular weight excluding hydrogens is 316 g/mol. The molecule has 0 aliphatic rings. The van der Waals surface area contributed by atoms with Crippen LogP contribution >= 0.6 is 27.7 Å². The third kappa shape index (κ3) is 2.08. The van der Waals surface area contributed by atoms with E-state index in [4.69, 9.17) is 5.73 Å². The number of hydrogen-bond donors (Lipinski definition) is 3. The lowest BCUT2D eigenvalue weighted by Crippen LogP contribution is -2.19. The first-order chi connectivity index (χ1) is 8.74. The molecule has 0 spiro atoms. The highest BCUT2D eigenvalue weighted by Gasteiger charge is 2.17. The second kappa shape index (κ2) is 4.62. The molecule has 8 heteroatoms. The summed E-state index contributed by atoms with van der Waals surface area (Å²) in [4.78, 5) is 7.39. The zero-order chi connectivity index (χ0) is 12.5. The van der Waals surface area contributed by atoms with E-state index in [1.54, 1.807) is 0 Å². The van der Waals surface area contributed by atoms with Gasteiger partial charge in [-0.05, 0) is 6.07 Å². The van der Waals surface area contributed by atoms with Gasteiger partial charge >= 0.3 is 0 Å². The van der Waals surface area contributed by atoms with Crippen LogP contribution in [0.4, 0.5) is 5.95 Å². The number of aromatic nitrogens is 5. The highest BCUT2D eigenvalue weighted by Crippen LogP contribution is 2.22. The number of anilines is 1. The van der Waals surface area contributed by atoms with Crippen LogP contribution in [-0.4, -0.2) is 20.2 Å². The van der Waals surface area contributed by atoms with E-state index in [2.05, 4.69) is 36.1 Å². The van der Waals surface area contributed by atoms with Gasteiger partial charge in [-0.2, -0.15) is 9.38 Å². The quantitative estimate of drug-likeness (QED) is 0.503. The number of imidazole rings is 1. The van der Waals surface area contributed by atoms with Crippen molar-refractivity contribution in [3.63, 3.8) is 0 Å². The van der Waals surface area contributed by atoms with E-state index < -0.39 is 0 Å². The van der Waals surface area contributed by atoms with Crippen LogP contribution in [0, 0.1) is 0 Å². The molecule has 18 heavy (non-hydrogen) atoms. The first-order valence-electron chi connectivity index (χ1n) is 5.21. The van der Waals surface area contributed by atoms with Crippen molar-refractivity contribution in [3.8, 4) is 0 Å². The Labute approximate surface area is 115 Å². The fraction of sp³-hybridized carbons (Fsp3) is 0.100. The molecule has 0 bridgehead atoms. The molecule has 0 aliphatic carbocycles. The molecule has 4 N–H and O–H groups in total. The Kier molecular flexibility index (Phi) is 2.96. The van der Waals surface area contributed by atoms with E-state index in [1.807, 2.05) is 28.8 Å². The molecule has 0 radical (unpaired) electrons. The second-order valence-electron chi connectivity index (χ2n) is 3.64.